The molecule has 2 aromatic rings. The van der Waals surface area contributed by atoms with Crippen LogP contribution in [0.5, 0.6) is 0 Å². The second kappa shape index (κ2) is 6.24. The normalized spacial score (nSPS) is 16.8. The van der Waals surface area contributed by atoms with Crippen molar-refractivity contribution < 1.29 is 17.9 Å². The Kier molecular flexibility index (Phi) is 4.33. The van der Waals surface area contributed by atoms with Gasteiger partial charge >= 0.3 is 0 Å². The highest BCUT2D eigenvalue weighted by atomic mass is 32.2. The Labute approximate surface area is 130 Å². The van der Waals surface area contributed by atoms with E-state index in [0.29, 0.717) is 29.5 Å². The number of rotatable bonds is 4. The maximum Gasteiger partial charge on any atom is 0.243 e. The molecule has 1 saturated heterocycles. The van der Waals surface area contributed by atoms with Crippen LogP contribution in [0.2, 0.25) is 0 Å². The maximum atomic E-state index is 12.6. The number of nitrogens with zero attached hydrogens (tertiary/aromatic N) is 1. The number of hydrogen-bond acceptors (Lipinski definition) is 4. The van der Waals surface area contributed by atoms with Crippen LogP contribution in [0.3, 0.4) is 0 Å². The molecule has 0 bridgehead atoms. The molecule has 0 atom stereocenters. The Morgan fingerprint density at radius 3 is 2.27 bits per heavy atom. The number of aliphatic hydroxyl groups excluding tert-OH is 1. The molecular formula is C16H19NO4S. The van der Waals surface area contributed by atoms with Crippen LogP contribution < -0.4 is 0 Å². The predicted molar refractivity (Wildman–Crippen MR) is 82.7 cm³/mol. The van der Waals surface area contributed by atoms with Gasteiger partial charge in [-0.3, -0.25) is 0 Å². The fourth-order valence-corrected chi connectivity index (χ4v) is 4.18. The van der Waals surface area contributed by atoms with Gasteiger partial charge in [0.15, 0.2) is 0 Å². The molecule has 0 radical (unpaired) electrons. The van der Waals surface area contributed by atoms with Gasteiger partial charge < -0.3 is 9.52 Å². The summed E-state index contributed by atoms with van der Waals surface area (Å²) in [5.74, 6) is 1.10. The lowest BCUT2D eigenvalue weighted by Crippen LogP contribution is -2.35. The first kappa shape index (κ1) is 15.3. The van der Waals surface area contributed by atoms with Crippen molar-refractivity contribution in [3.05, 3.63) is 42.2 Å². The Hall–Kier alpha value is -1.63. The van der Waals surface area contributed by atoms with E-state index in [4.69, 9.17) is 9.52 Å². The smallest absolute Gasteiger partial charge is 0.243 e. The summed E-state index contributed by atoms with van der Waals surface area (Å²) < 4.78 is 32.1. The number of aliphatic hydroxyl groups is 1. The lowest BCUT2D eigenvalue weighted by Gasteiger charge is -2.25. The van der Waals surface area contributed by atoms with Gasteiger partial charge in [0.1, 0.15) is 18.1 Å². The minimum absolute atomic E-state index is 0.151. The Morgan fingerprint density at radius 1 is 1.00 bits per heavy atom. The highest BCUT2D eigenvalue weighted by Gasteiger charge is 2.25. The van der Waals surface area contributed by atoms with E-state index in [0.717, 1.165) is 24.8 Å². The monoisotopic (exact) mass is 321 g/mol. The first-order valence-corrected chi connectivity index (χ1v) is 8.85. The summed E-state index contributed by atoms with van der Waals surface area (Å²) in [6, 6.07) is 10.2. The van der Waals surface area contributed by atoms with Crippen LogP contribution in [-0.4, -0.2) is 30.9 Å². The van der Waals surface area contributed by atoms with Gasteiger partial charge in [-0.15, -0.1) is 0 Å². The van der Waals surface area contributed by atoms with Crippen LogP contribution in [0.1, 0.15) is 25.0 Å². The summed E-state index contributed by atoms with van der Waals surface area (Å²) in [5, 5.41) is 9.01. The van der Waals surface area contributed by atoms with Crippen LogP contribution in [0.4, 0.5) is 0 Å². The molecule has 1 fully saturated rings. The standard InChI is InChI=1S/C16H19NO4S/c18-12-14-6-9-16(21-14)13-4-7-15(8-5-13)22(19,20)17-10-2-1-3-11-17/h4-9,18H,1-3,10-12H2. The summed E-state index contributed by atoms with van der Waals surface area (Å²) in [5.41, 5.74) is 0.789. The third kappa shape index (κ3) is 2.95. The Morgan fingerprint density at radius 2 is 1.68 bits per heavy atom. The minimum Gasteiger partial charge on any atom is -0.459 e. The van der Waals surface area contributed by atoms with Crippen LogP contribution >= 0.6 is 0 Å². The van der Waals surface area contributed by atoms with Gasteiger partial charge in [-0.1, -0.05) is 6.42 Å². The third-order valence-electron chi connectivity index (χ3n) is 3.91. The zero-order valence-electron chi connectivity index (χ0n) is 12.2. The van der Waals surface area contributed by atoms with Crippen LogP contribution in [0.25, 0.3) is 11.3 Å². The average molecular weight is 321 g/mol. The summed E-state index contributed by atoms with van der Waals surface area (Å²) in [6.45, 7) is 1.05. The largest absolute Gasteiger partial charge is 0.459 e. The number of piperidine rings is 1. The van der Waals surface area contributed by atoms with Gasteiger partial charge in [0.25, 0.3) is 0 Å². The van der Waals surface area contributed by atoms with E-state index in [2.05, 4.69) is 0 Å². The van der Waals surface area contributed by atoms with E-state index >= 15 is 0 Å². The van der Waals surface area contributed by atoms with E-state index in [1.807, 2.05) is 0 Å². The first-order valence-electron chi connectivity index (χ1n) is 7.41. The molecule has 0 spiro atoms. The zero-order valence-corrected chi connectivity index (χ0v) is 13.1. The van der Waals surface area contributed by atoms with Crippen molar-refractivity contribution in [1.82, 2.24) is 4.31 Å². The summed E-state index contributed by atoms with van der Waals surface area (Å²) >= 11 is 0. The van der Waals surface area contributed by atoms with Crippen molar-refractivity contribution in [2.45, 2.75) is 30.8 Å². The molecule has 0 aliphatic carbocycles. The van der Waals surface area contributed by atoms with Gasteiger partial charge in [0.05, 0.1) is 4.90 Å². The van der Waals surface area contributed by atoms with E-state index in [9.17, 15) is 8.42 Å². The second-order valence-corrected chi connectivity index (χ2v) is 7.35. The lowest BCUT2D eigenvalue weighted by atomic mass is 10.2. The molecule has 1 aliphatic rings. The Balaban J connectivity index is 1.84. The lowest BCUT2D eigenvalue weighted by molar-refractivity contribution is 0.248. The average Bonchev–Trinajstić information content (AvgIpc) is 3.05. The molecule has 0 amide bonds. The molecule has 22 heavy (non-hydrogen) atoms. The fourth-order valence-electron chi connectivity index (χ4n) is 2.66. The summed E-state index contributed by atoms with van der Waals surface area (Å²) in [4.78, 5) is 0.312. The van der Waals surface area contributed by atoms with Gasteiger partial charge in [0, 0.05) is 18.7 Å². The predicted octanol–water partition coefficient (Wildman–Crippen LogP) is 2.61. The second-order valence-electron chi connectivity index (χ2n) is 5.41. The van der Waals surface area contributed by atoms with E-state index in [1.54, 1.807) is 40.7 Å². The number of sulfonamides is 1. The van der Waals surface area contributed by atoms with Gasteiger partial charge in [-0.25, -0.2) is 8.42 Å². The summed E-state index contributed by atoms with van der Waals surface area (Å²) in [6.07, 6.45) is 2.94. The number of hydrogen-bond donors (Lipinski definition) is 1. The topological polar surface area (TPSA) is 70.8 Å². The molecule has 1 N–H and O–H groups in total. The third-order valence-corrected chi connectivity index (χ3v) is 5.82. The molecule has 1 aromatic carbocycles. The molecular weight excluding hydrogens is 302 g/mol. The molecule has 1 aliphatic heterocycles. The maximum absolute atomic E-state index is 12.6. The van der Waals surface area contributed by atoms with Gasteiger partial charge in [-0.2, -0.15) is 4.31 Å². The molecule has 5 nitrogen and oxygen atoms in total. The van der Waals surface area contributed by atoms with E-state index < -0.39 is 10.0 Å². The van der Waals surface area contributed by atoms with Crippen molar-refractivity contribution >= 4 is 10.0 Å². The summed E-state index contributed by atoms with van der Waals surface area (Å²) in [7, 11) is -3.40. The number of furan rings is 1. The van der Waals surface area contributed by atoms with Crippen molar-refractivity contribution in [3.63, 3.8) is 0 Å². The molecule has 6 heteroatoms. The molecule has 118 valence electrons. The number of benzene rings is 1. The van der Waals surface area contributed by atoms with Crippen LogP contribution in [0.15, 0.2) is 45.7 Å². The van der Waals surface area contributed by atoms with E-state index in [1.165, 1.54) is 0 Å². The van der Waals surface area contributed by atoms with Crippen LogP contribution in [0, 0.1) is 0 Å². The highest BCUT2D eigenvalue weighted by molar-refractivity contribution is 7.89. The van der Waals surface area contributed by atoms with E-state index in [-0.39, 0.29) is 6.61 Å². The minimum atomic E-state index is -3.40. The van der Waals surface area contributed by atoms with Gasteiger partial charge in [0.2, 0.25) is 10.0 Å². The van der Waals surface area contributed by atoms with Crippen molar-refractivity contribution in [2.24, 2.45) is 0 Å². The molecule has 2 heterocycles. The quantitative estimate of drug-likeness (QED) is 0.939. The van der Waals surface area contributed by atoms with Crippen LogP contribution in [-0.2, 0) is 16.6 Å². The van der Waals surface area contributed by atoms with Gasteiger partial charge in [-0.05, 0) is 49.2 Å². The first-order chi connectivity index (χ1) is 10.6. The zero-order chi connectivity index (χ0) is 15.6. The molecule has 3 rings (SSSR count). The molecule has 1 aromatic heterocycles. The van der Waals surface area contributed by atoms with Crippen molar-refractivity contribution in [1.29, 1.82) is 0 Å². The fraction of sp³-hybridized carbons (Fsp3) is 0.375. The molecule has 0 unspecified atom stereocenters. The highest BCUT2D eigenvalue weighted by Crippen LogP contribution is 2.26. The Bertz CT molecular complexity index is 728. The molecule has 0 saturated carbocycles. The van der Waals surface area contributed by atoms with Crippen molar-refractivity contribution in [2.75, 3.05) is 13.1 Å². The van der Waals surface area contributed by atoms with Crippen molar-refractivity contribution in [3.8, 4) is 11.3 Å². The SMILES string of the molecule is O=S(=O)(c1ccc(-c2ccc(CO)o2)cc1)N1CCCCC1.